The number of rotatable bonds is 2. The van der Waals surface area contributed by atoms with Crippen LogP contribution in [-0.4, -0.2) is 16.1 Å². The number of aromatic amines is 1. The molecule has 4 N–H and O–H groups in total. The molecule has 0 spiro atoms. The Morgan fingerprint density at radius 3 is 2.88 bits per heavy atom. The highest BCUT2D eigenvalue weighted by Crippen LogP contribution is 2.23. The molecule has 1 aromatic carbocycles. The van der Waals surface area contributed by atoms with Crippen molar-refractivity contribution in [2.24, 2.45) is 0 Å². The monoisotopic (exact) mass is 294 g/mol. The van der Waals surface area contributed by atoms with Crippen LogP contribution < -0.4 is 11.1 Å². The Kier molecular flexibility index (Phi) is 3.14. The first kappa shape index (κ1) is 11.7. The standard InChI is InChI=1S/C11H11BrN4O/c1-6-8(5-14-16-6)11(17)15-7-2-3-10(13)9(12)4-7/h2-5H,13H2,1H3,(H,14,16)(H,15,17). The molecule has 1 aromatic heterocycles. The molecule has 2 aromatic rings. The normalized spacial score (nSPS) is 10.2. The van der Waals surface area contributed by atoms with Crippen molar-refractivity contribution in [3.8, 4) is 0 Å². The van der Waals surface area contributed by atoms with Gasteiger partial charge in [0.05, 0.1) is 11.8 Å². The summed E-state index contributed by atoms with van der Waals surface area (Å²) in [6.45, 7) is 1.79. The fourth-order valence-electron chi connectivity index (χ4n) is 1.38. The second-order valence-electron chi connectivity index (χ2n) is 3.60. The van der Waals surface area contributed by atoms with Crippen LogP contribution in [0.5, 0.6) is 0 Å². The molecule has 0 radical (unpaired) electrons. The maximum atomic E-state index is 11.9. The maximum Gasteiger partial charge on any atom is 0.259 e. The summed E-state index contributed by atoms with van der Waals surface area (Å²) in [6.07, 6.45) is 1.50. The number of carbonyl (C=O) groups is 1. The lowest BCUT2D eigenvalue weighted by Crippen LogP contribution is -2.12. The summed E-state index contributed by atoms with van der Waals surface area (Å²) in [6, 6.07) is 5.22. The van der Waals surface area contributed by atoms with Crippen molar-refractivity contribution in [2.75, 3.05) is 11.1 Å². The van der Waals surface area contributed by atoms with Gasteiger partial charge in [-0.05, 0) is 41.1 Å². The molecule has 0 saturated carbocycles. The van der Waals surface area contributed by atoms with Crippen LogP contribution in [0, 0.1) is 6.92 Å². The topological polar surface area (TPSA) is 83.8 Å². The van der Waals surface area contributed by atoms with Gasteiger partial charge in [0, 0.05) is 21.5 Å². The van der Waals surface area contributed by atoms with E-state index in [0.29, 0.717) is 16.9 Å². The molecule has 0 atom stereocenters. The first-order valence-corrected chi connectivity index (χ1v) is 5.73. The maximum absolute atomic E-state index is 11.9. The number of hydrogen-bond acceptors (Lipinski definition) is 3. The molecule has 1 heterocycles. The van der Waals surface area contributed by atoms with Gasteiger partial charge < -0.3 is 11.1 Å². The summed E-state index contributed by atoms with van der Waals surface area (Å²) in [5.41, 5.74) is 8.23. The van der Waals surface area contributed by atoms with Crippen molar-refractivity contribution >= 4 is 33.2 Å². The lowest BCUT2D eigenvalue weighted by atomic mass is 10.2. The van der Waals surface area contributed by atoms with Gasteiger partial charge in [-0.25, -0.2) is 0 Å². The lowest BCUT2D eigenvalue weighted by molar-refractivity contribution is 0.102. The van der Waals surface area contributed by atoms with Crippen LogP contribution in [0.25, 0.3) is 0 Å². The molecule has 6 heteroatoms. The molecule has 0 aliphatic heterocycles. The second kappa shape index (κ2) is 4.58. The number of benzene rings is 1. The number of amides is 1. The number of halogens is 1. The molecule has 5 nitrogen and oxygen atoms in total. The molecule has 0 aliphatic carbocycles. The molecular formula is C11H11BrN4O. The Bertz CT molecular complexity index is 564. The first-order chi connectivity index (χ1) is 8.08. The minimum atomic E-state index is -0.201. The fraction of sp³-hybridized carbons (Fsp3) is 0.0909. The van der Waals surface area contributed by atoms with E-state index in [4.69, 9.17) is 5.73 Å². The van der Waals surface area contributed by atoms with Crippen molar-refractivity contribution in [1.82, 2.24) is 10.2 Å². The highest BCUT2D eigenvalue weighted by molar-refractivity contribution is 9.10. The zero-order chi connectivity index (χ0) is 12.4. The number of nitrogens with one attached hydrogen (secondary N) is 2. The van der Waals surface area contributed by atoms with E-state index in [0.717, 1.165) is 10.2 Å². The van der Waals surface area contributed by atoms with Gasteiger partial charge in [-0.2, -0.15) is 5.10 Å². The van der Waals surface area contributed by atoms with Gasteiger partial charge >= 0.3 is 0 Å². The number of carbonyl (C=O) groups excluding carboxylic acids is 1. The van der Waals surface area contributed by atoms with E-state index in [9.17, 15) is 4.79 Å². The number of aromatic nitrogens is 2. The smallest absolute Gasteiger partial charge is 0.259 e. The molecular weight excluding hydrogens is 284 g/mol. The van der Waals surface area contributed by atoms with Crippen LogP contribution in [0.2, 0.25) is 0 Å². The van der Waals surface area contributed by atoms with E-state index < -0.39 is 0 Å². The molecule has 88 valence electrons. The highest BCUT2D eigenvalue weighted by Gasteiger charge is 2.11. The lowest BCUT2D eigenvalue weighted by Gasteiger charge is -2.06. The third-order valence-electron chi connectivity index (χ3n) is 2.33. The summed E-state index contributed by atoms with van der Waals surface area (Å²) < 4.78 is 0.749. The SMILES string of the molecule is Cc1[nH]ncc1C(=O)Nc1ccc(N)c(Br)c1. The summed E-state index contributed by atoms with van der Waals surface area (Å²) in [5.74, 6) is -0.201. The van der Waals surface area contributed by atoms with Gasteiger partial charge in [0.15, 0.2) is 0 Å². The molecule has 0 bridgehead atoms. The van der Waals surface area contributed by atoms with E-state index in [1.165, 1.54) is 6.20 Å². The summed E-state index contributed by atoms with van der Waals surface area (Å²) >= 11 is 3.30. The Labute approximate surface area is 107 Å². The van der Waals surface area contributed by atoms with Crippen molar-refractivity contribution in [3.05, 3.63) is 40.1 Å². The number of nitrogens with zero attached hydrogens (tertiary/aromatic N) is 1. The number of H-pyrrole nitrogens is 1. The molecule has 0 fully saturated rings. The number of nitrogens with two attached hydrogens (primary N) is 1. The fourth-order valence-corrected chi connectivity index (χ4v) is 1.76. The zero-order valence-electron chi connectivity index (χ0n) is 9.12. The van der Waals surface area contributed by atoms with Crippen molar-refractivity contribution < 1.29 is 4.79 Å². The molecule has 17 heavy (non-hydrogen) atoms. The Morgan fingerprint density at radius 1 is 1.53 bits per heavy atom. The molecule has 0 unspecified atom stereocenters. The average Bonchev–Trinajstić information content (AvgIpc) is 2.70. The quantitative estimate of drug-likeness (QED) is 0.743. The van der Waals surface area contributed by atoms with E-state index in [-0.39, 0.29) is 5.91 Å². The average molecular weight is 295 g/mol. The van der Waals surface area contributed by atoms with Crippen LogP contribution in [0.1, 0.15) is 16.1 Å². The summed E-state index contributed by atoms with van der Waals surface area (Å²) in [7, 11) is 0. The molecule has 0 saturated heterocycles. The van der Waals surface area contributed by atoms with E-state index in [1.54, 1.807) is 25.1 Å². The van der Waals surface area contributed by atoms with E-state index in [1.807, 2.05) is 0 Å². The van der Waals surface area contributed by atoms with Gasteiger partial charge in [0.2, 0.25) is 0 Å². The molecule has 2 rings (SSSR count). The van der Waals surface area contributed by atoms with Gasteiger partial charge in [0.1, 0.15) is 0 Å². The Morgan fingerprint density at radius 2 is 2.29 bits per heavy atom. The van der Waals surface area contributed by atoms with Crippen molar-refractivity contribution in [1.29, 1.82) is 0 Å². The van der Waals surface area contributed by atoms with Crippen LogP contribution in [0.3, 0.4) is 0 Å². The van der Waals surface area contributed by atoms with Gasteiger partial charge in [-0.15, -0.1) is 0 Å². The van der Waals surface area contributed by atoms with Crippen molar-refractivity contribution in [2.45, 2.75) is 6.92 Å². The van der Waals surface area contributed by atoms with Crippen molar-refractivity contribution in [3.63, 3.8) is 0 Å². The van der Waals surface area contributed by atoms with E-state index in [2.05, 4.69) is 31.4 Å². The third-order valence-corrected chi connectivity index (χ3v) is 3.02. The first-order valence-electron chi connectivity index (χ1n) is 4.94. The van der Waals surface area contributed by atoms with Crippen LogP contribution in [0.4, 0.5) is 11.4 Å². The third kappa shape index (κ3) is 2.47. The minimum absolute atomic E-state index is 0.201. The summed E-state index contributed by atoms with van der Waals surface area (Å²) in [4.78, 5) is 11.9. The Hall–Kier alpha value is -1.82. The Balaban J connectivity index is 2.19. The van der Waals surface area contributed by atoms with Crippen LogP contribution >= 0.6 is 15.9 Å². The molecule has 0 aliphatic rings. The highest BCUT2D eigenvalue weighted by atomic mass is 79.9. The number of aryl methyl sites for hydroxylation is 1. The number of anilines is 2. The predicted octanol–water partition coefficient (Wildman–Crippen LogP) is 2.32. The van der Waals surface area contributed by atoms with Gasteiger partial charge in [-0.1, -0.05) is 0 Å². The number of nitrogen functional groups attached to an aromatic ring is 1. The number of hydrogen-bond donors (Lipinski definition) is 3. The van der Waals surface area contributed by atoms with Crippen LogP contribution in [-0.2, 0) is 0 Å². The predicted molar refractivity (Wildman–Crippen MR) is 69.8 cm³/mol. The van der Waals surface area contributed by atoms with Crippen LogP contribution in [0.15, 0.2) is 28.9 Å². The summed E-state index contributed by atoms with van der Waals surface area (Å²) in [5, 5.41) is 9.29. The molecule has 1 amide bonds. The van der Waals surface area contributed by atoms with E-state index >= 15 is 0 Å². The minimum Gasteiger partial charge on any atom is -0.398 e. The zero-order valence-corrected chi connectivity index (χ0v) is 10.7. The largest absolute Gasteiger partial charge is 0.398 e. The second-order valence-corrected chi connectivity index (χ2v) is 4.45. The van der Waals surface area contributed by atoms with Gasteiger partial charge in [0.25, 0.3) is 5.91 Å². The van der Waals surface area contributed by atoms with Gasteiger partial charge in [-0.3, -0.25) is 9.89 Å².